The molecule has 0 radical (unpaired) electrons. The summed E-state index contributed by atoms with van der Waals surface area (Å²) < 4.78 is 1.27. The van der Waals surface area contributed by atoms with Crippen LogP contribution in [0.25, 0.3) is 0 Å². The molecule has 1 unspecified atom stereocenters. The fourth-order valence-electron chi connectivity index (χ4n) is 4.99. The number of benzene rings is 1. The van der Waals surface area contributed by atoms with Crippen molar-refractivity contribution >= 4 is 45.6 Å². The molecule has 3 heteroatoms. The lowest BCUT2D eigenvalue weighted by molar-refractivity contribution is 0.435. The monoisotopic (exact) mass is 591 g/mol. The molecule has 0 bridgehead atoms. The maximum atomic E-state index is 3.80. The summed E-state index contributed by atoms with van der Waals surface area (Å²) in [6.45, 7) is 10.7. The first-order valence-electron chi connectivity index (χ1n) is 12.6. The average Bonchev–Trinajstić information content (AvgIpc) is 2.89. The van der Waals surface area contributed by atoms with E-state index in [1.54, 1.807) is 0 Å². The van der Waals surface area contributed by atoms with Crippen LogP contribution in [0.4, 0.5) is 5.69 Å². The molecular formula is C27H47BrIN. The minimum atomic E-state index is 0. The predicted molar refractivity (Wildman–Crippen MR) is 150 cm³/mol. The zero-order valence-electron chi connectivity index (χ0n) is 20.1. The van der Waals surface area contributed by atoms with Crippen molar-refractivity contribution < 1.29 is 0 Å². The molecule has 0 saturated carbocycles. The molecule has 0 spiro atoms. The molecule has 1 aliphatic heterocycles. The van der Waals surface area contributed by atoms with E-state index in [0.29, 0.717) is 6.04 Å². The third kappa shape index (κ3) is 8.30. The fourth-order valence-corrected chi connectivity index (χ4v) is 5.85. The van der Waals surface area contributed by atoms with Gasteiger partial charge in [-0.2, -0.15) is 0 Å². The van der Waals surface area contributed by atoms with Crippen molar-refractivity contribution in [2.45, 2.75) is 129 Å². The standard InChI is InChI=1S/C27H46BrN.HI/c1-5-6-7-8-9-10-11-12-13-14-15-16-17-18-22-29-23(2)27(3,4)26-24(28)20-19-21-25(26)29;/h19-21,23H,5-18,22H2,1-4H3;1H. The van der Waals surface area contributed by atoms with Crippen LogP contribution in [-0.2, 0) is 5.41 Å². The number of fused-ring (bicyclic) bond motifs is 1. The Balaban J connectivity index is 0.00000450. The summed E-state index contributed by atoms with van der Waals surface area (Å²) in [7, 11) is 0. The number of anilines is 1. The molecule has 1 aliphatic rings. The molecule has 0 aromatic heterocycles. The summed E-state index contributed by atoms with van der Waals surface area (Å²) >= 11 is 3.80. The largest absolute Gasteiger partial charge is 0.368 e. The first-order valence-corrected chi connectivity index (χ1v) is 13.3. The Labute approximate surface area is 213 Å². The third-order valence-electron chi connectivity index (χ3n) is 7.21. The lowest BCUT2D eigenvalue weighted by Gasteiger charge is -2.31. The lowest BCUT2D eigenvalue weighted by Crippen LogP contribution is -2.39. The SMILES string of the molecule is CCCCCCCCCCCCCCCCN1c2cccc(Br)c2C(C)(C)C1C.I. The van der Waals surface area contributed by atoms with E-state index in [9.17, 15) is 0 Å². The van der Waals surface area contributed by atoms with Gasteiger partial charge in [0, 0.05) is 28.2 Å². The molecule has 1 heterocycles. The number of rotatable bonds is 15. The Morgan fingerprint density at radius 2 is 1.27 bits per heavy atom. The summed E-state index contributed by atoms with van der Waals surface area (Å²) in [4.78, 5) is 2.65. The van der Waals surface area contributed by atoms with Gasteiger partial charge in [-0.05, 0) is 31.0 Å². The van der Waals surface area contributed by atoms with Crippen LogP contribution in [-0.4, -0.2) is 12.6 Å². The highest BCUT2D eigenvalue weighted by molar-refractivity contribution is 14.0. The van der Waals surface area contributed by atoms with Gasteiger partial charge < -0.3 is 4.90 Å². The maximum Gasteiger partial charge on any atom is 0.0419 e. The second-order valence-corrected chi connectivity index (χ2v) is 10.7. The molecule has 1 aromatic rings. The van der Waals surface area contributed by atoms with Gasteiger partial charge in [-0.15, -0.1) is 24.0 Å². The first-order chi connectivity index (χ1) is 14.0. The number of hydrogen-bond donors (Lipinski definition) is 0. The van der Waals surface area contributed by atoms with E-state index < -0.39 is 0 Å². The van der Waals surface area contributed by atoms with E-state index in [0.717, 1.165) is 0 Å². The summed E-state index contributed by atoms with van der Waals surface area (Å²) in [5.41, 5.74) is 3.16. The van der Waals surface area contributed by atoms with E-state index in [4.69, 9.17) is 0 Å². The van der Waals surface area contributed by atoms with E-state index in [1.807, 2.05) is 0 Å². The molecular weight excluding hydrogens is 545 g/mol. The highest BCUT2D eigenvalue weighted by atomic mass is 127. The Morgan fingerprint density at radius 3 is 1.77 bits per heavy atom. The lowest BCUT2D eigenvalue weighted by atomic mass is 9.81. The first kappa shape index (κ1) is 28.3. The van der Waals surface area contributed by atoms with Gasteiger partial charge in [0.1, 0.15) is 0 Å². The fraction of sp³-hybridized carbons (Fsp3) is 0.778. The number of unbranched alkanes of at least 4 members (excludes halogenated alkanes) is 13. The molecule has 30 heavy (non-hydrogen) atoms. The van der Waals surface area contributed by atoms with Crippen LogP contribution in [0.3, 0.4) is 0 Å². The highest BCUT2D eigenvalue weighted by Gasteiger charge is 2.42. The van der Waals surface area contributed by atoms with Crippen LogP contribution < -0.4 is 4.90 Å². The molecule has 174 valence electrons. The summed E-state index contributed by atoms with van der Waals surface area (Å²) in [5.74, 6) is 0. The molecule has 1 nitrogen and oxygen atoms in total. The molecule has 0 N–H and O–H groups in total. The van der Waals surface area contributed by atoms with Crippen LogP contribution in [0.1, 0.15) is 123 Å². The third-order valence-corrected chi connectivity index (χ3v) is 7.87. The van der Waals surface area contributed by atoms with Gasteiger partial charge in [-0.25, -0.2) is 0 Å². The molecule has 1 atom stereocenters. The van der Waals surface area contributed by atoms with Crippen molar-refractivity contribution in [3.05, 3.63) is 28.2 Å². The predicted octanol–water partition coefficient (Wildman–Crippen LogP) is 10.0. The number of nitrogens with zero attached hydrogens (tertiary/aromatic N) is 1. The van der Waals surface area contributed by atoms with E-state index in [-0.39, 0.29) is 29.4 Å². The highest BCUT2D eigenvalue weighted by Crippen LogP contribution is 2.48. The number of halogens is 2. The topological polar surface area (TPSA) is 3.24 Å². The molecule has 0 amide bonds. The van der Waals surface area contributed by atoms with Gasteiger partial charge in [0.15, 0.2) is 0 Å². The van der Waals surface area contributed by atoms with Crippen molar-refractivity contribution in [3.8, 4) is 0 Å². The van der Waals surface area contributed by atoms with Gasteiger partial charge in [0.2, 0.25) is 0 Å². The molecule has 0 fully saturated rings. The van der Waals surface area contributed by atoms with Gasteiger partial charge >= 0.3 is 0 Å². The zero-order valence-corrected chi connectivity index (χ0v) is 24.1. The molecule has 0 aliphatic carbocycles. The van der Waals surface area contributed by atoms with Gasteiger partial charge in [0.25, 0.3) is 0 Å². The zero-order chi connectivity index (χ0) is 21.1. The average molecular weight is 592 g/mol. The van der Waals surface area contributed by atoms with Crippen LogP contribution >= 0.6 is 39.9 Å². The van der Waals surface area contributed by atoms with Gasteiger partial charge in [-0.3, -0.25) is 0 Å². The van der Waals surface area contributed by atoms with Crippen molar-refractivity contribution in [3.63, 3.8) is 0 Å². The van der Waals surface area contributed by atoms with Crippen LogP contribution in [0.2, 0.25) is 0 Å². The van der Waals surface area contributed by atoms with Crippen molar-refractivity contribution in [1.82, 2.24) is 0 Å². The van der Waals surface area contributed by atoms with Crippen molar-refractivity contribution in [1.29, 1.82) is 0 Å². The van der Waals surface area contributed by atoms with Gasteiger partial charge in [-0.1, -0.05) is 126 Å². The Hall–Kier alpha value is 0.230. The minimum absolute atomic E-state index is 0. The van der Waals surface area contributed by atoms with E-state index in [2.05, 4.69) is 66.7 Å². The van der Waals surface area contributed by atoms with Crippen molar-refractivity contribution in [2.24, 2.45) is 0 Å². The summed E-state index contributed by atoms with van der Waals surface area (Å²) in [6, 6.07) is 7.27. The Kier molecular flexibility index (Phi) is 14.3. The normalized spacial score (nSPS) is 17.1. The Bertz CT molecular complexity index is 586. The van der Waals surface area contributed by atoms with E-state index >= 15 is 0 Å². The molecule has 1 aromatic carbocycles. The second kappa shape index (κ2) is 15.1. The maximum absolute atomic E-state index is 3.80. The quantitative estimate of drug-likeness (QED) is 0.145. The van der Waals surface area contributed by atoms with Crippen LogP contribution in [0.5, 0.6) is 0 Å². The van der Waals surface area contributed by atoms with Crippen molar-refractivity contribution in [2.75, 3.05) is 11.4 Å². The van der Waals surface area contributed by atoms with Crippen LogP contribution in [0, 0.1) is 0 Å². The van der Waals surface area contributed by atoms with E-state index in [1.165, 1.54) is 112 Å². The number of hydrogen-bond acceptors (Lipinski definition) is 1. The van der Waals surface area contributed by atoms with Crippen LogP contribution in [0.15, 0.2) is 22.7 Å². The second-order valence-electron chi connectivity index (χ2n) is 9.82. The van der Waals surface area contributed by atoms with Gasteiger partial charge in [0.05, 0.1) is 0 Å². The molecule has 2 rings (SSSR count). The Morgan fingerprint density at radius 1 is 0.800 bits per heavy atom. The smallest absolute Gasteiger partial charge is 0.0419 e. The summed E-state index contributed by atoms with van der Waals surface area (Å²) in [5, 5.41) is 0. The summed E-state index contributed by atoms with van der Waals surface area (Å²) in [6.07, 6.45) is 20.0. The molecule has 0 saturated heterocycles. The minimum Gasteiger partial charge on any atom is -0.368 e.